The Bertz CT molecular complexity index is 960. The number of aromatic nitrogens is 6. The van der Waals surface area contributed by atoms with Crippen molar-refractivity contribution in [2.24, 2.45) is 0 Å². The second-order valence-corrected chi connectivity index (χ2v) is 4.60. The first-order valence-corrected chi connectivity index (χ1v) is 6.53. The summed E-state index contributed by atoms with van der Waals surface area (Å²) in [4.78, 5) is 21.0. The zero-order valence-corrected chi connectivity index (χ0v) is 14.3. The predicted molar refractivity (Wildman–Crippen MR) is 79.6 cm³/mol. The minimum atomic E-state index is -0.972. The van der Waals surface area contributed by atoms with E-state index in [4.69, 9.17) is 10.2 Å². The normalized spacial score (nSPS) is 9.92. The predicted octanol–water partition coefficient (Wildman–Crippen LogP) is 0.568. The molecule has 0 aliphatic heterocycles. The molecule has 131 valence electrons. The topological polar surface area (TPSA) is 154 Å². The van der Waals surface area contributed by atoms with Gasteiger partial charge in [0.25, 0.3) is 0 Å². The van der Waals surface area contributed by atoms with E-state index in [1.54, 1.807) is 12.1 Å². The van der Waals surface area contributed by atoms with E-state index in [-0.39, 0.29) is 33.5 Å². The first-order valence-electron chi connectivity index (χ1n) is 6.53. The van der Waals surface area contributed by atoms with Crippen molar-refractivity contribution in [3.05, 3.63) is 47.5 Å². The molecule has 1 radical (unpaired) electrons. The number of nitrogens with zero attached hydrogens (tertiary/aromatic N) is 6. The second-order valence-electron chi connectivity index (χ2n) is 4.60. The molecule has 4 rings (SSSR count). The van der Waals surface area contributed by atoms with Crippen LogP contribution >= 0.6 is 0 Å². The van der Waals surface area contributed by atoms with Crippen molar-refractivity contribution in [3.63, 3.8) is 0 Å². The summed E-state index contributed by atoms with van der Waals surface area (Å²) < 4.78 is 0. The maximum Gasteiger partial charge on any atom is 0.335 e. The molecule has 0 saturated carbocycles. The summed E-state index contributed by atoms with van der Waals surface area (Å²) in [5.41, 5.74) is 2.64. The third-order valence-electron chi connectivity index (χ3n) is 3.05. The van der Waals surface area contributed by atoms with Crippen LogP contribution in [-0.2, 0) is 22.4 Å². The zero-order chi connectivity index (χ0) is 17.1. The van der Waals surface area contributed by atoms with Crippen molar-refractivity contribution in [2.75, 3.05) is 0 Å². The fourth-order valence-corrected chi connectivity index (χ4v) is 1.88. The monoisotopic (exact) mass is 521 g/mol. The van der Waals surface area contributed by atoms with E-state index in [2.05, 4.69) is 30.8 Å². The molecular formula is C14H8AuN6O4-2. The molecule has 25 heavy (non-hydrogen) atoms. The van der Waals surface area contributed by atoms with Crippen LogP contribution in [-0.4, -0.2) is 42.8 Å². The molecule has 0 amide bonds. The average molecular weight is 521 g/mol. The van der Waals surface area contributed by atoms with Crippen LogP contribution in [0.1, 0.15) is 20.7 Å². The number of carboxylic acids is 2. The summed E-state index contributed by atoms with van der Waals surface area (Å²) in [6.07, 6.45) is 0. The van der Waals surface area contributed by atoms with Crippen molar-refractivity contribution in [1.82, 2.24) is 30.8 Å². The zero-order valence-electron chi connectivity index (χ0n) is 12.2. The van der Waals surface area contributed by atoms with Gasteiger partial charge in [-0.1, -0.05) is 12.1 Å². The third kappa shape index (κ3) is 4.07. The standard InChI is InChI=1S/2C7H5N3O2.Au/c2*11-7(12)4-1-2-5-6(3-4)9-10-8-5;/h2*1-3H,(H2,8,9,10,11,12);/p-2. The molecule has 0 aliphatic carbocycles. The number of aromatic carboxylic acids is 2. The summed E-state index contributed by atoms with van der Waals surface area (Å²) in [6.45, 7) is 0. The van der Waals surface area contributed by atoms with Crippen LogP contribution in [0, 0.1) is 0 Å². The molecule has 0 fully saturated rings. The van der Waals surface area contributed by atoms with Crippen molar-refractivity contribution in [3.8, 4) is 0 Å². The summed E-state index contributed by atoms with van der Waals surface area (Å²) in [5.74, 6) is -1.94. The average Bonchev–Trinajstić information content (AvgIpc) is 3.22. The van der Waals surface area contributed by atoms with Crippen LogP contribution in [0.5, 0.6) is 0 Å². The molecule has 4 aromatic rings. The van der Waals surface area contributed by atoms with E-state index in [1.165, 1.54) is 24.3 Å². The van der Waals surface area contributed by atoms with E-state index < -0.39 is 11.9 Å². The van der Waals surface area contributed by atoms with Crippen LogP contribution in [0.4, 0.5) is 0 Å². The van der Waals surface area contributed by atoms with Gasteiger partial charge in [0, 0.05) is 22.4 Å². The summed E-state index contributed by atoms with van der Waals surface area (Å²) in [6, 6.07) is 8.99. The van der Waals surface area contributed by atoms with E-state index in [9.17, 15) is 9.59 Å². The number of benzene rings is 2. The Morgan fingerprint density at radius 1 is 0.760 bits per heavy atom. The molecule has 0 bridgehead atoms. The van der Waals surface area contributed by atoms with E-state index >= 15 is 0 Å². The smallest absolute Gasteiger partial charge is 0.335 e. The SMILES string of the molecule is O=C(O)c1ccc2[n-]nnc2c1.O=C(O)c1ccc2[n-]nnc2c1.[Au]. The van der Waals surface area contributed by atoms with Gasteiger partial charge in [-0.2, -0.15) is 0 Å². The van der Waals surface area contributed by atoms with Crippen LogP contribution in [0.2, 0.25) is 0 Å². The fraction of sp³-hybridized carbons (Fsp3) is 0. The minimum Gasteiger partial charge on any atom is -0.478 e. The Labute approximate surface area is 154 Å². The Kier molecular flexibility index (Phi) is 5.60. The van der Waals surface area contributed by atoms with Crippen LogP contribution in [0.3, 0.4) is 0 Å². The first-order chi connectivity index (χ1) is 11.5. The molecule has 2 aromatic heterocycles. The molecule has 10 nitrogen and oxygen atoms in total. The molecule has 2 aromatic carbocycles. The number of carbonyl (C=O) groups is 2. The molecule has 11 heteroatoms. The minimum absolute atomic E-state index is 0. The van der Waals surface area contributed by atoms with Gasteiger partial charge < -0.3 is 30.6 Å². The van der Waals surface area contributed by atoms with Gasteiger partial charge in [0.05, 0.1) is 11.1 Å². The quantitative estimate of drug-likeness (QED) is 0.358. The van der Waals surface area contributed by atoms with Crippen LogP contribution in [0.25, 0.3) is 22.1 Å². The van der Waals surface area contributed by atoms with Gasteiger partial charge in [-0.15, -0.1) is 0 Å². The van der Waals surface area contributed by atoms with Crippen LogP contribution in [0.15, 0.2) is 36.4 Å². The maximum absolute atomic E-state index is 10.5. The molecule has 0 spiro atoms. The number of hydrogen-bond acceptors (Lipinski definition) is 6. The van der Waals surface area contributed by atoms with Crippen LogP contribution < -0.4 is 10.2 Å². The molecular weight excluding hydrogens is 513 g/mol. The summed E-state index contributed by atoms with van der Waals surface area (Å²) in [7, 11) is 0. The van der Waals surface area contributed by atoms with Gasteiger partial charge >= 0.3 is 11.9 Å². The van der Waals surface area contributed by atoms with Gasteiger partial charge in [0.15, 0.2) is 0 Å². The molecule has 2 heterocycles. The Hall–Kier alpha value is -3.08. The molecule has 0 atom stereocenters. The number of hydrogen-bond donors (Lipinski definition) is 2. The molecule has 0 unspecified atom stereocenters. The van der Waals surface area contributed by atoms with Gasteiger partial charge in [-0.3, -0.25) is 10.4 Å². The largest absolute Gasteiger partial charge is 0.478 e. The van der Waals surface area contributed by atoms with E-state index in [1.807, 2.05) is 0 Å². The number of carboxylic acid groups (broad SMARTS) is 2. The Morgan fingerprint density at radius 3 is 1.52 bits per heavy atom. The Balaban J connectivity index is 0.000000173. The summed E-state index contributed by atoms with van der Waals surface area (Å²) >= 11 is 0. The van der Waals surface area contributed by atoms with Crippen molar-refractivity contribution >= 4 is 34.0 Å². The van der Waals surface area contributed by atoms with Gasteiger partial charge in [-0.05, 0) is 46.3 Å². The Morgan fingerprint density at radius 2 is 1.16 bits per heavy atom. The number of fused-ring (bicyclic) bond motifs is 2. The van der Waals surface area contributed by atoms with Gasteiger partial charge in [0.2, 0.25) is 0 Å². The molecule has 2 N–H and O–H groups in total. The van der Waals surface area contributed by atoms with Crippen molar-refractivity contribution < 1.29 is 42.2 Å². The number of rotatable bonds is 2. The molecule has 0 aliphatic rings. The maximum atomic E-state index is 10.5. The first kappa shape index (κ1) is 18.3. The third-order valence-corrected chi connectivity index (χ3v) is 3.05. The van der Waals surface area contributed by atoms with Gasteiger partial charge in [-0.25, -0.2) is 9.59 Å². The summed E-state index contributed by atoms with van der Waals surface area (Å²) in [5, 5.41) is 38.6. The van der Waals surface area contributed by atoms with E-state index in [0.717, 1.165) is 0 Å². The van der Waals surface area contributed by atoms with Crippen molar-refractivity contribution in [2.45, 2.75) is 0 Å². The van der Waals surface area contributed by atoms with Crippen molar-refractivity contribution in [1.29, 1.82) is 0 Å². The van der Waals surface area contributed by atoms with Gasteiger partial charge in [0.1, 0.15) is 0 Å². The second kappa shape index (κ2) is 7.66. The van der Waals surface area contributed by atoms with E-state index in [0.29, 0.717) is 22.1 Å². The fourth-order valence-electron chi connectivity index (χ4n) is 1.88. The molecule has 0 saturated heterocycles.